The quantitative estimate of drug-likeness (QED) is 0.662. The van der Waals surface area contributed by atoms with Crippen molar-refractivity contribution in [3.05, 3.63) is 39.7 Å². The first-order valence-electron chi connectivity index (χ1n) is 5.86. The van der Waals surface area contributed by atoms with Crippen LogP contribution in [-0.4, -0.2) is 18.1 Å². The van der Waals surface area contributed by atoms with E-state index in [1.807, 2.05) is 0 Å². The van der Waals surface area contributed by atoms with Gasteiger partial charge in [0.25, 0.3) is 0 Å². The van der Waals surface area contributed by atoms with E-state index in [4.69, 9.17) is 10.5 Å². The molecule has 1 aliphatic rings. The molecule has 0 amide bonds. The zero-order valence-corrected chi connectivity index (χ0v) is 9.84. The Hall–Kier alpha value is -1.53. The lowest BCUT2D eigenvalue weighted by atomic mass is 9.87. The van der Waals surface area contributed by atoms with Gasteiger partial charge in [0, 0.05) is 25.3 Å². The van der Waals surface area contributed by atoms with E-state index in [-0.39, 0.29) is 12.0 Å². The van der Waals surface area contributed by atoms with Crippen molar-refractivity contribution in [3.8, 4) is 0 Å². The molecule has 0 aromatic heterocycles. The monoisotopic (exact) mass is 254 g/mol. The van der Waals surface area contributed by atoms with E-state index in [1.54, 1.807) is 0 Å². The molecule has 1 aromatic rings. The van der Waals surface area contributed by atoms with Crippen LogP contribution in [0.5, 0.6) is 0 Å². The Labute approximate surface area is 104 Å². The number of benzene rings is 1. The van der Waals surface area contributed by atoms with Crippen LogP contribution in [0.4, 0.5) is 10.1 Å². The highest BCUT2D eigenvalue weighted by atomic mass is 19.1. The van der Waals surface area contributed by atoms with Gasteiger partial charge in [-0.3, -0.25) is 10.1 Å². The molecule has 0 bridgehead atoms. The molecule has 1 heterocycles. The summed E-state index contributed by atoms with van der Waals surface area (Å²) in [5.41, 5.74) is 6.18. The van der Waals surface area contributed by atoms with Gasteiger partial charge in [0.2, 0.25) is 5.82 Å². The third-order valence-electron chi connectivity index (χ3n) is 3.33. The van der Waals surface area contributed by atoms with Crippen LogP contribution in [-0.2, 0) is 4.74 Å². The van der Waals surface area contributed by atoms with Crippen molar-refractivity contribution in [1.82, 2.24) is 0 Å². The summed E-state index contributed by atoms with van der Waals surface area (Å²) in [6.07, 6.45) is 1.65. The first-order chi connectivity index (χ1) is 8.59. The van der Waals surface area contributed by atoms with Gasteiger partial charge in [0.1, 0.15) is 0 Å². The van der Waals surface area contributed by atoms with Gasteiger partial charge < -0.3 is 10.5 Å². The Bertz CT molecular complexity index is 447. The van der Waals surface area contributed by atoms with E-state index in [9.17, 15) is 14.5 Å². The number of nitro benzene ring substituents is 1. The van der Waals surface area contributed by atoms with Gasteiger partial charge in [0.15, 0.2) is 0 Å². The lowest BCUT2D eigenvalue weighted by molar-refractivity contribution is -0.387. The van der Waals surface area contributed by atoms with Crippen LogP contribution >= 0.6 is 0 Å². The molecular formula is C12H15FN2O3. The van der Waals surface area contributed by atoms with Crippen LogP contribution in [0, 0.1) is 21.8 Å². The topological polar surface area (TPSA) is 78.4 Å². The Morgan fingerprint density at radius 2 is 2.11 bits per heavy atom. The molecule has 0 unspecified atom stereocenters. The van der Waals surface area contributed by atoms with E-state index in [0.717, 1.165) is 18.9 Å². The Morgan fingerprint density at radius 1 is 1.44 bits per heavy atom. The zero-order chi connectivity index (χ0) is 13.1. The van der Waals surface area contributed by atoms with Crippen molar-refractivity contribution in [2.24, 2.45) is 11.7 Å². The molecule has 1 aromatic carbocycles. The minimum Gasteiger partial charge on any atom is -0.381 e. The summed E-state index contributed by atoms with van der Waals surface area (Å²) < 4.78 is 18.5. The predicted molar refractivity (Wildman–Crippen MR) is 63.5 cm³/mol. The lowest BCUT2D eigenvalue weighted by Crippen LogP contribution is -2.27. The maximum absolute atomic E-state index is 13.2. The van der Waals surface area contributed by atoms with Crippen molar-refractivity contribution in [2.45, 2.75) is 18.9 Å². The van der Waals surface area contributed by atoms with E-state index < -0.39 is 16.4 Å². The molecule has 2 rings (SSSR count). The molecule has 98 valence electrons. The molecule has 2 N–H and O–H groups in total. The van der Waals surface area contributed by atoms with Crippen molar-refractivity contribution < 1.29 is 14.1 Å². The SMILES string of the molecule is N[C@@H](c1ccc(F)c([N+](=O)[O-])c1)C1CCOCC1. The molecule has 0 spiro atoms. The van der Waals surface area contributed by atoms with Crippen LogP contribution in [0.3, 0.4) is 0 Å². The average Bonchev–Trinajstić information content (AvgIpc) is 2.39. The fourth-order valence-corrected chi connectivity index (χ4v) is 2.22. The first-order valence-corrected chi connectivity index (χ1v) is 5.86. The molecular weight excluding hydrogens is 239 g/mol. The van der Waals surface area contributed by atoms with Crippen LogP contribution in [0.1, 0.15) is 24.4 Å². The standard InChI is InChI=1S/C12H15FN2O3/c13-10-2-1-9(7-11(10)15(16)17)12(14)8-3-5-18-6-4-8/h1-2,7-8,12H,3-6,14H2/t12-/m1/s1. The van der Waals surface area contributed by atoms with Crippen LogP contribution in [0.2, 0.25) is 0 Å². The Morgan fingerprint density at radius 3 is 2.72 bits per heavy atom. The largest absolute Gasteiger partial charge is 0.381 e. The summed E-state index contributed by atoms with van der Waals surface area (Å²) in [6.45, 7) is 1.31. The summed E-state index contributed by atoms with van der Waals surface area (Å²) in [5.74, 6) is -0.605. The number of nitrogens with two attached hydrogens (primary N) is 1. The fourth-order valence-electron chi connectivity index (χ4n) is 2.22. The molecule has 1 fully saturated rings. The number of rotatable bonds is 3. The summed E-state index contributed by atoms with van der Waals surface area (Å²) in [6, 6.07) is 3.54. The molecule has 0 aliphatic carbocycles. The number of hydrogen-bond donors (Lipinski definition) is 1. The van der Waals surface area contributed by atoms with Gasteiger partial charge in [-0.2, -0.15) is 4.39 Å². The maximum Gasteiger partial charge on any atom is 0.305 e. The van der Waals surface area contributed by atoms with E-state index in [0.29, 0.717) is 18.8 Å². The van der Waals surface area contributed by atoms with Crippen LogP contribution in [0.15, 0.2) is 18.2 Å². The van der Waals surface area contributed by atoms with Gasteiger partial charge in [-0.15, -0.1) is 0 Å². The number of hydrogen-bond acceptors (Lipinski definition) is 4. The molecule has 1 atom stereocenters. The highest BCUT2D eigenvalue weighted by Crippen LogP contribution is 2.30. The van der Waals surface area contributed by atoms with Crippen LogP contribution in [0.25, 0.3) is 0 Å². The fraction of sp³-hybridized carbons (Fsp3) is 0.500. The molecule has 0 saturated carbocycles. The molecule has 18 heavy (non-hydrogen) atoms. The van der Waals surface area contributed by atoms with E-state index in [1.165, 1.54) is 12.1 Å². The number of nitrogens with zero attached hydrogens (tertiary/aromatic N) is 1. The summed E-state index contributed by atoms with van der Waals surface area (Å²) >= 11 is 0. The smallest absolute Gasteiger partial charge is 0.305 e. The number of ether oxygens (including phenoxy) is 1. The predicted octanol–water partition coefficient (Wildman–Crippen LogP) is 2.16. The van der Waals surface area contributed by atoms with Gasteiger partial charge in [0.05, 0.1) is 4.92 Å². The van der Waals surface area contributed by atoms with Crippen molar-refractivity contribution in [3.63, 3.8) is 0 Å². The third kappa shape index (κ3) is 2.65. The minimum atomic E-state index is -0.831. The zero-order valence-electron chi connectivity index (χ0n) is 9.84. The van der Waals surface area contributed by atoms with Crippen molar-refractivity contribution in [1.29, 1.82) is 0 Å². The van der Waals surface area contributed by atoms with E-state index >= 15 is 0 Å². The highest BCUT2D eigenvalue weighted by Gasteiger charge is 2.24. The van der Waals surface area contributed by atoms with Gasteiger partial charge in [-0.1, -0.05) is 6.07 Å². The Balaban J connectivity index is 2.21. The number of nitro groups is 1. The lowest BCUT2D eigenvalue weighted by Gasteiger charge is -2.27. The average molecular weight is 254 g/mol. The maximum atomic E-state index is 13.2. The van der Waals surface area contributed by atoms with Gasteiger partial charge in [-0.05, 0) is 30.4 Å². The van der Waals surface area contributed by atoms with E-state index in [2.05, 4.69) is 0 Å². The second kappa shape index (κ2) is 5.41. The molecule has 0 radical (unpaired) electrons. The Kier molecular flexibility index (Phi) is 3.88. The summed E-state index contributed by atoms with van der Waals surface area (Å²) in [4.78, 5) is 9.95. The van der Waals surface area contributed by atoms with Crippen LogP contribution < -0.4 is 5.73 Å². The van der Waals surface area contributed by atoms with Gasteiger partial charge >= 0.3 is 5.69 Å². The second-order valence-corrected chi connectivity index (χ2v) is 4.44. The molecule has 1 saturated heterocycles. The number of halogens is 1. The minimum absolute atomic E-state index is 0.226. The summed E-state index contributed by atoms with van der Waals surface area (Å²) in [5, 5.41) is 10.7. The summed E-state index contributed by atoms with van der Waals surface area (Å²) in [7, 11) is 0. The second-order valence-electron chi connectivity index (χ2n) is 4.44. The van der Waals surface area contributed by atoms with Crippen molar-refractivity contribution >= 4 is 5.69 Å². The molecule has 5 nitrogen and oxygen atoms in total. The molecule has 1 aliphatic heterocycles. The highest BCUT2D eigenvalue weighted by molar-refractivity contribution is 5.37. The van der Waals surface area contributed by atoms with Crippen molar-refractivity contribution in [2.75, 3.05) is 13.2 Å². The normalized spacial score (nSPS) is 18.6. The third-order valence-corrected chi connectivity index (χ3v) is 3.33. The van der Waals surface area contributed by atoms with Gasteiger partial charge in [-0.25, -0.2) is 0 Å². The molecule has 6 heteroatoms. The first kappa shape index (κ1) is 12.9.